The molecule has 0 aromatic rings. The van der Waals surface area contributed by atoms with Crippen LogP contribution in [0.2, 0.25) is 0 Å². The largest absolute Gasteiger partial charge is 0.465 e. The SMILES string of the molecule is CCOC(=O)CSCCCC(C)NC. The molecule has 0 radical (unpaired) electrons. The van der Waals surface area contributed by atoms with Crippen molar-refractivity contribution >= 4 is 17.7 Å². The lowest BCUT2D eigenvalue weighted by Crippen LogP contribution is -2.20. The highest BCUT2D eigenvalue weighted by Crippen LogP contribution is 2.06. The Kier molecular flexibility index (Phi) is 9.19. The molecule has 0 fully saturated rings. The highest BCUT2D eigenvalue weighted by atomic mass is 32.2. The Balaban J connectivity index is 3.17. The third-order valence-corrected chi connectivity index (χ3v) is 2.96. The molecule has 0 aromatic carbocycles. The van der Waals surface area contributed by atoms with Gasteiger partial charge in [-0.2, -0.15) is 11.8 Å². The Morgan fingerprint density at radius 2 is 2.29 bits per heavy atom. The van der Waals surface area contributed by atoms with Crippen LogP contribution in [0.5, 0.6) is 0 Å². The summed E-state index contributed by atoms with van der Waals surface area (Å²) in [6.07, 6.45) is 2.30. The first-order chi connectivity index (χ1) is 6.70. The molecule has 14 heavy (non-hydrogen) atoms. The van der Waals surface area contributed by atoms with Crippen molar-refractivity contribution in [3.63, 3.8) is 0 Å². The maximum atomic E-state index is 10.9. The van der Waals surface area contributed by atoms with Crippen LogP contribution in [0.25, 0.3) is 0 Å². The van der Waals surface area contributed by atoms with Crippen molar-refractivity contribution in [3.8, 4) is 0 Å². The van der Waals surface area contributed by atoms with Crippen molar-refractivity contribution in [2.75, 3.05) is 25.2 Å². The molecule has 0 saturated heterocycles. The summed E-state index contributed by atoms with van der Waals surface area (Å²) in [4.78, 5) is 10.9. The van der Waals surface area contributed by atoms with Crippen LogP contribution >= 0.6 is 11.8 Å². The minimum atomic E-state index is -0.0980. The molecule has 4 heteroatoms. The van der Waals surface area contributed by atoms with Crippen molar-refractivity contribution in [2.24, 2.45) is 0 Å². The van der Waals surface area contributed by atoms with Gasteiger partial charge in [-0.15, -0.1) is 0 Å². The lowest BCUT2D eigenvalue weighted by atomic mass is 10.2. The molecular weight excluding hydrogens is 198 g/mol. The van der Waals surface area contributed by atoms with E-state index in [1.165, 1.54) is 0 Å². The summed E-state index contributed by atoms with van der Waals surface area (Å²) >= 11 is 1.65. The molecule has 0 aromatic heterocycles. The average molecular weight is 219 g/mol. The number of rotatable bonds is 8. The fourth-order valence-electron chi connectivity index (χ4n) is 0.994. The molecule has 0 saturated carbocycles. The van der Waals surface area contributed by atoms with E-state index in [1.807, 2.05) is 14.0 Å². The topological polar surface area (TPSA) is 38.3 Å². The van der Waals surface area contributed by atoms with Gasteiger partial charge in [-0.05, 0) is 39.5 Å². The van der Waals surface area contributed by atoms with Crippen LogP contribution in [0.15, 0.2) is 0 Å². The maximum Gasteiger partial charge on any atom is 0.315 e. The smallest absolute Gasteiger partial charge is 0.315 e. The van der Waals surface area contributed by atoms with Gasteiger partial charge in [0.2, 0.25) is 0 Å². The summed E-state index contributed by atoms with van der Waals surface area (Å²) in [5.41, 5.74) is 0. The maximum absolute atomic E-state index is 10.9. The van der Waals surface area contributed by atoms with Gasteiger partial charge in [-0.1, -0.05) is 0 Å². The number of ether oxygens (including phenoxy) is 1. The molecule has 0 bridgehead atoms. The first kappa shape index (κ1) is 13.8. The average Bonchev–Trinajstić information content (AvgIpc) is 2.17. The van der Waals surface area contributed by atoms with Crippen LogP contribution in [0.1, 0.15) is 26.7 Å². The Labute approximate surface area is 91.0 Å². The van der Waals surface area contributed by atoms with E-state index in [2.05, 4.69) is 12.2 Å². The standard InChI is InChI=1S/C10H21NO2S/c1-4-13-10(12)8-14-7-5-6-9(2)11-3/h9,11H,4-8H2,1-3H3. The number of esters is 1. The number of carbonyl (C=O) groups excluding carboxylic acids is 1. The highest BCUT2D eigenvalue weighted by molar-refractivity contribution is 7.99. The van der Waals surface area contributed by atoms with Crippen molar-refractivity contribution in [1.82, 2.24) is 5.32 Å². The molecule has 0 aliphatic rings. The van der Waals surface area contributed by atoms with Gasteiger partial charge < -0.3 is 10.1 Å². The van der Waals surface area contributed by atoms with E-state index < -0.39 is 0 Å². The third kappa shape index (κ3) is 8.38. The minimum Gasteiger partial charge on any atom is -0.465 e. The molecule has 1 atom stereocenters. The van der Waals surface area contributed by atoms with E-state index in [9.17, 15) is 4.79 Å². The van der Waals surface area contributed by atoms with E-state index in [0.717, 1.165) is 18.6 Å². The molecule has 0 aliphatic heterocycles. The van der Waals surface area contributed by atoms with Crippen molar-refractivity contribution in [1.29, 1.82) is 0 Å². The van der Waals surface area contributed by atoms with Crippen LogP contribution in [0, 0.1) is 0 Å². The third-order valence-electron chi connectivity index (χ3n) is 1.94. The van der Waals surface area contributed by atoms with Crippen LogP contribution < -0.4 is 5.32 Å². The van der Waals surface area contributed by atoms with Gasteiger partial charge in [0, 0.05) is 6.04 Å². The molecule has 3 nitrogen and oxygen atoms in total. The second-order valence-corrected chi connectivity index (χ2v) is 4.29. The van der Waals surface area contributed by atoms with Crippen molar-refractivity contribution < 1.29 is 9.53 Å². The molecular formula is C10H21NO2S. The highest BCUT2D eigenvalue weighted by Gasteiger charge is 2.02. The Morgan fingerprint density at radius 1 is 1.57 bits per heavy atom. The first-order valence-corrected chi connectivity index (χ1v) is 6.26. The van der Waals surface area contributed by atoms with Gasteiger partial charge in [-0.3, -0.25) is 4.79 Å². The van der Waals surface area contributed by atoms with Gasteiger partial charge in [-0.25, -0.2) is 0 Å². The molecule has 0 spiro atoms. The molecule has 1 unspecified atom stereocenters. The van der Waals surface area contributed by atoms with Crippen LogP contribution in [-0.2, 0) is 9.53 Å². The Bertz CT molecular complexity index is 153. The molecule has 0 heterocycles. The molecule has 0 aliphatic carbocycles. The normalized spacial score (nSPS) is 12.5. The summed E-state index contributed by atoms with van der Waals surface area (Å²) in [7, 11) is 1.97. The fraction of sp³-hybridized carbons (Fsp3) is 0.900. The molecule has 0 rings (SSSR count). The van der Waals surface area contributed by atoms with Crippen LogP contribution in [0.3, 0.4) is 0 Å². The monoisotopic (exact) mass is 219 g/mol. The number of thioether (sulfide) groups is 1. The second kappa shape index (κ2) is 9.34. The number of nitrogens with one attached hydrogen (secondary N) is 1. The van der Waals surface area contributed by atoms with E-state index in [1.54, 1.807) is 11.8 Å². The van der Waals surface area contributed by atoms with Crippen LogP contribution in [-0.4, -0.2) is 37.2 Å². The molecule has 84 valence electrons. The predicted octanol–water partition coefficient (Wildman–Crippen LogP) is 1.67. The summed E-state index contributed by atoms with van der Waals surface area (Å²) in [5.74, 6) is 1.42. The predicted molar refractivity (Wildman–Crippen MR) is 61.7 cm³/mol. The number of hydrogen-bond acceptors (Lipinski definition) is 4. The Morgan fingerprint density at radius 3 is 2.86 bits per heavy atom. The number of hydrogen-bond donors (Lipinski definition) is 1. The quantitative estimate of drug-likeness (QED) is 0.498. The molecule has 1 N–H and O–H groups in total. The lowest BCUT2D eigenvalue weighted by Gasteiger charge is -2.08. The summed E-state index contributed by atoms with van der Waals surface area (Å²) in [6, 6.07) is 0.568. The molecule has 0 amide bonds. The Hall–Kier alpha value is -0.220. The van der Waals surface area contributed by atoms with Gasteiger partial charge in [0.15, 0.2) is 0 Å². The zero-order chi connectivity index (χ0) is 10.8. The van der Waals surface area contributed by atoms with E-state index >= 15 is 0 Å². The van der Waals surface area contributed by atoms with E-state index in [-0.39, 0.29) is 5.97 Å². The second-order valence-electron chi connectivity index (χ2n) is 3.19. The fourth-order valence-corrected chi connectivity index (χ4v) is 1.76. The first-order valence-electron chi connectivity index (χ1n) is 5.11. The van der Waals surface area contributed by atoms with E-state index in [0.29, 0.717) is 18.4 Å². The zero-order valence-electron chi connectivity index (χ0n) is 9.34. The summed E-state index contributed by atoms with van der Waals surface area (Å²) in [6.45, 7) is 4.48. The summed E-state index contributed by atoms with van der Waals surface area (Å²) < 4.78 is 4.82. The summed E-state index contributed by atoms with van der Waals surface area (Å²) in [5, 5.41) is 3.18. The van der Waals surface area contributed by atoms with Gasteiger partial charge in [0.05, 0.1) is 12.4 Å². The van der Waals surface area contributed by atoms with Gasteiger partial charge in [0.25, 0.3) is 0 Å². The van der Waals surface area contributed by atoms with E-state index in [4.69, 9.17) is 4.74 Å². The van der Waals surface area contributed by atoms with Gasteiger partial charge >= 0.3 is 5.97 Å². The van der Waals surface area contributed by atoms with Crippen LogP contribution in [0.4, 0.5) is 0 Å². The number of carbonyl (C=O) groups is 1. The van der Waals surface area contributed by atoms with Crippen molar-refractivity contribution in [2.45, 2.75) is 32.7 Å². The lowest BCUT2D eigenvalue weighted by molar-refractivity contribution is -0.139. The minimum absolute atomic E-state index is 0.0980. The van der Waals surface area contributed by atoms with Gasteiger partial charge in [0.1, 0.15) is 0 Å². The zero-order valence-corrected chi connectivity index (χ0v) is 10.2. The van der Waals surface area contributed by atoms with Crippen molar-refractivity contribution in [3.05, 3.63) is 0 Å².